The Bertz CT molecular complexity index is 1320. The number of anilines is 2. The molecule has 2 unspecified atom stereocenters. The summed E-state index contributed by atoms with van der Waals surface area (Å²) in [7, 11) is 0. The van der Waals surface area contributed by atoms with Gasteiger partial charge < -0.3 is 19.9 Å². The first-order valence-electron chi connectivity index (χ1n) is 12.6. The second-order valence-corrected chi connectivity index (χ2v) is 10.1. The van der Waals surface area contributed by atoms with Crippen molar-refractivity contribution in [2.45, 2.75) is 44.3 Å². The second kappa shape index (κ2) is 9.48. The lowest BCUT2D eigenvalue weighted by Gasteiger charge is -2.44. The first kappa shape index (κ1) is 24.0. The molecule has 7 nitrogen and oxygen atoms in total. The third kappa shape index (κ3) is 4.27. The number of amides is 1. The number of nitrogens with zero attached hydrogens (tertiary/aromatic N) is 4. The van der Waals surface area contributed by atoms with E-state index in [0.717, 1.165) is 43.1 Å². The number of piperazine rings is 1. The Morgan fingerprint density at radius 3 is 2.51 bits per heavy atom. The van der Waals surface area contributed by atoms with E-state index >= 15 is 0 Å². The van der Waals surface area contributed by atoms with Crippen LogP contribution in [0.15, 0.2) is 42.6 Å². The van der Waals surface area contributed by atoms with Crippen LogP contribution in [0.2, 0.25) is 0 Å². The van der Waals surface area contributed by atoms with E-state index in [1.54, 1.807) is 13.1 Å². The summed E-state index contributed by atoms with van der Waals surface area (Å²) in [5, 5.41) is 12.4. The molecule has 1 aromatic heterocycles. The fraction of sp³-hybridized carbons (Fsp3) is 0.444. The van der Waals surface area contributed by atoms with Crippen LogP contribution < -0.4 is 10.2 Å². The predicted molar refractivity (Wildman–Crippen MR) is 133 cm³/mol. The highest BCUT2D eigenvalue weighted by molar-refractivity contribution is 5.93. The van der Waals surface area contributed by atoms with Gasteiger partial charge in [0.25, 0.3) is 6.43 Å². The topological polar surface area (TPSA) is 70.6 Å². The third-order valence-electron chi connectivity index (χ3n) is 7.84. The summed E-state index contributed by atoms with van der Waals surface area (Å²) in [6, 6.07) is 9.78. The van der Waals surface area contributed by atoms with Crippen LogP contribution in [-0.2, 0) is 9.53 Å². The second-order valence-electron chi connectivity index (χ2n) is 10.1. The first-order chi connectivity index (χ1) is 17.9. The minimum absolute atomic E-state index is 0.00394. The highest BCUT2D eigenvalue weighted by Crippen LogP contribution is 2.37. The summed E-state index contributed by atoms with van der Waals surface area (Å²) in [6.45, 7) is 4.28. The average Bonchev–Trinajstić information content (AvgIpc) is 3.12. The summed E-state index contributed by atoms with van der Waals surface area (Å²) in [4.78, 5) is 17.3. The summed E-state index contributed by atoms with van der Waals surface area (Å²) in [5.74, 6) is -0.688. The van der Waals surface area contributed by atoms with E-state index in [9.17, 15) is 18.0 Å². The molecule has 1 amide bonds. The Morgan fingerprint density at radius 2 is 1.84 bits per heavy atom. The van der Waals surface area contributed by atoms with Crippen molar-refractivity contribution in [3.05, 3.63) is 59.5 Å². The van der Waals surface area contributed by atoms with Gasteiger partial charge in [0.15, 0.2) is 0 Å². The van der Waals surface area contributed by atoms with Crippen molar-refractivity contribution in [2.24, 2.45) is 5.92 Å². The zero-order chi connectivity index (χ0) is 25.7. The fourth-order valence-electron chi connectivity index (χ4n) is 5.80. The van der Waals surface area contributed by atoms with Crippen LogP contribution >= 0.6 is 0 Å². The largest absolute Gasteiger partial charge is 0.380 e. The Hall–Kier alpha value is -3.40. The Labute approximate surface area is 212 Å². The molecule has 4 heterocycles. The molecule has 6 rings (SSSR count). The molecule has 3 aliphatic heterocycles. The maximum Gasteiger partial charge on any atom is 0.266 e. The number of carbonyl (C=O) groups is 1. The summed E-state index contributed by atoms with van der Waals surface area (Å²) in [5.41, 5.74) is 1.88. The molecule has 0 radical (unpaired) electrons. The zero-order valence-corrected chi connectivity index (χ0v) is 20.4. The molecule has 3 fully saturated rings. The maximum absolute atomic E-state index is 14.8. The summed E-state index contributed by atoms with van der Waals surface area (Å²) < 4.78 is 46.4. The van der Waals surface area contributed by atoms with E-state index in [4.69, 9.17) is 4.74 Å². The zero-order valence-electron chi connectivity index (χ0n) is 20.4. The van der Waals surface area contributed by atoms with Gasteiger partial charge in [0.05, 0.1) is 48.1 Å². The minimum Gasteiger partial charge on any atom is -0.380 e. The fourth-order valence-corrected chi connectivity index (χ4v) is 5.80. The molecule has 10 heteroatoms. The molecule has 1 N–H and O–H groups in total. The van der Waals surface area contributed by atoms with Gasteiger partial charge >= 0.3 is 0 Å². The van der Waals surface area contributed by atoms with Gasteiger partial charge in [-0.3, -0.25) is 4.79 Å². The molecule has 2 aromatic carbocycles. The summed E-state index contributed by atoms with van der Waals surface area (Å²) >= 11 is 0. The molecule has 3 aromatic rings. The quantitative estimate of drug-likeness (QED) is 0.517. The molecule has 0 spiro atoms. The van der Waals surface area contributed by atoms with Gasteiger partial charge in [-0.05, 0) is 38.0 Å². The van der Waals surface area contributed by atoms with Crippen LogP contribution in [0.25, 0.3) is 10.9 Å². The van der Waals surface area contributed by atoms with E-state index in [0.29, 0.717) is 24.4 Å². The van der Waals surface area contributed by atoms with Gasteiger partial charge in [-0.1, -0.05) is 18.2 Å². The number of rotatable bonds is 6. The van der Waals surface area contributed by atoms with Crippen LogP contribution in [0.5, 0.6) is 0 Å². The SMILES string of the molecule is C[C@@H](Nc1cnnc2ccc(N3CC4CCC(C3)N4C(=O)C3COC3)cc12)c1cccc(C(F)F)c1F. The van der Waals surface area contributed by atoms with Crippen molar-refractivity contribution >= 4 is 28.2 Å². The third-order valence-corrected chi connectivity index (χ3v) is 7.84. The molecule has 3 aliphatic rings. The highest BCUT2D eigenvalue weighted by atomic mass is 19.3. The molecule has 0 aliphatic carbocycles. The van der Waals surface area contributed by atoms with Crippen LogP contribution in [-0.4, -0.2) is 59.4 Å². The number of hydrogen-bond acceptors (Lipinski definition) is 6. The van der Waals surface area contributed by atoms with Gasteiger partial charge in [-0.15, -0.1) is 0 Å². The standard InChI is InChI=1S/C27H28F3N5O2/c1-15(20-3-2-4-21(25(20)28)26(29)30)32-24-10-31-33-23-8-7-17(9-22(23)24)34-11-18-5-6-19(12-34)35(18)27(36)16-13-37-14-16/h2-4,7-10,15-16,18-19,26H,5-6,11-14H2,1H3,(H,32,33)/t15-,18?,19?/m1/s1. The van der Waals surface area contributed by atoms with Crippen molar-refractivity contribution in [1.29, 1.82) is 0 Å². The molecule has 2 bridgehead atoms. The predicted octanol–water partition coefficient (Wildman–Crippen LogP) is 4.71. The number of hydrogen-bond donors (Lipinski definition) is 1. The number of fused-ring (bicyclic) bond motifs is 3. The molecule has 194 valence electrons. The van der Waals surface area contributed by atoms with Crippen LogP contribution in [0, 0.1) is 11.7 Å². The van der Waals surface area contributed by atoms with E-state index in [1.807, 2.05) is 18.2 Å². The van der Waals surface area contributed by atoms with Crippen molar-refractivity contribution in [1.82, 2.24) is 15.1 Å². The van der Waals surface area contributed by atoms with Crippen LogP contribution in [0.4, 0.5) is 24.5 Å². The minimum atomic E-state index is -2.88. The maximum atomic E-state index is 14.8. The van der Waals surface area contributed by atoms with Gasteiger partial charge in [0.1, 0.15) is 5.82 Å². The average molecular weight is 512 g/mol. The monoisotopic (exact) mass is 511 g/mol. The Balaban J connectivity index is 1.25. The number of aromatic nitrogens is 2. The van der Waals surface area contributed by atoms with E-state index in [2.05, 4.69) is 25.3 Å². The van der Waals surface area contributed by atoms with E-state index in [1.165, 1.54) is 12.1 Å². The van der Waals surface area contributed by atoms with Gasteiger partial charge in [-0.2, -0.15) is 10.2 Å². The molecule has 3 atom stereocenters. The van der Waals surface area contributed by atoms with Gasteiger partial charge in [0, 0.05) is 41.8 Å². The number of nitrogens with one attached hydrogen (secondary N) is 1. The smallest absolute Gasteiger partial charge is 0.266 e. The van der Waals surface area contributed by atoms with E-state index in [-0.39, 0.29) is 29.5 Å². The van der Waals surface area contributed by atoms with Gasteiger partial charge in [0.2, 0.25) is 5.91 Å². The lowest BCUT2D eigenvalue weighted by atomic mass is 10.0. The number of ether oxygens (including phenoxy) is 1. The van der Waals surface area contributed by atoms with Crippen molar-refractivity contribution < 1.29 is 22.7 Å². The van der Waals surface area contributed by atoms with Crippen LogP contribution in [0.1, 0.15) is 43.4 Å². The Kier molecular flexibility index (Phi) is 6.14. The highest BCUT2D eigenvalue weighted by Gasteiger charge is 2.45. The van der Waals surface area contributed by atoms with Crippen molar-refractivity contribution in [2.75, 3.05) is 36.5 Å². The van der Waals surface area contributed by atoms with Crippen molar-refractivity contribution in [3.63, 3.8) is 0 Å². The molecule has 0 saturated carbocycles. The molecular formula is C27H28F3N5O2. The lowest BCUT2D eigenvalue weighted by molar-refractivity contribution is -0.153. The number of benzene rings is 2. The number of halogens is 3. The normalized spacial score (nSPS) is 22.4. The Morgan fingerprint density at radius 1 is 1.11 bits per heavy atom. The van der Waals surface area contributed by atoms with Crippen LogP contribution in [0.3, 0.4) is 0 Å². The number of carbonyl (C=O) groups excluding carboxylic acids is 1. The lowest BCUT2D eigenvalue weighted by Crippen LogP contribution is -2.59. The summed E-state index contributed by atoms with van der Waals surface area (Å²) in [6.07, 6.45) is 0.671. The first-order valence-corrected chi connectivity index (χ1v) is 12.6. The molecular weight excluding hydrogens is 483 g/mol. The van der Waals surface area contributed by atoms with Crippen molar-refractivity contribution in [3.8, 4) is 0 Å². The number of alkyl halides is 2. The molecule has 37 heavy (non-hydrogen) atoms. The van der Waals surface area contributed by atoms with E-state index < -0.39 is 23.8 Å². The molecule has 3 saturated heterocycles. The van der Waals surface area contributed by atoms with Gasteiger partial charge in [-0.25, -0.2) is 13.2 Å².